The number of aliphatic hydroxyl groups is 1. The van der Waals surface area contributed by atoms with Crippen LogP contribution < -0.4 is 5.32 Å². The summed E-state index contributed by atoms with van der Waals surface area (Å²) in [5.74, 6) is -0.678. The maximum atomic E-state index is 13.8. The Kier molecular flexibility index (Phi) is 4.55. The predicted molar refractivity (Wildman–Crippen MR) is 102 cm³/mol. The van der Waals surface area contributed by atoms with Crippen molar-refractivity contribution < 1.29 is 19.1 Å². The van der Waals surface area contributed by atoms with E-state index in [4.69, 9.17) is 0 Å². The summed E-state index contributed by atoms with van der Waals surface area (Å²) in [6, 6.07) is 15.0. The Labute approximate surface area is 162 Å². The van der Waals surface area contributed by atoms with Crippen molar-refractivity contribution in [3.05, 3.63) is 66.0 Å². The van der Waals surface area contributed by atoms with Crippen molar-refractivity contribution in [3.63, 3.8) is 0 Å². The number of nitrogens with one attached hydrogen (secondary N) is 1. The molecule has 1 spiro atoms. The first-order chi connectivity index (χ1) is 13.5. The molecule has 0 aliphatic carbocycles. The number of urea groups is 1. The van der Waals surface area contributed by atoms with E-state index in [-0.39, 0.29) is 30.2 Å². The van der Waals surface area contributed by atoms with Gasteiger partial charge < -0.3 is 20.2 Å². The minimum absolute atomic E-state index is 0.0555. The molecule has 7 heteroatoms. The normalized spacial score (nSPS) is 22.4. The molecule has 4 rings (SSSR count). The number of hydrogen-bond acceptors (Lipinski definition) is 3. The lowest BCUT2D eigenvalue weighted by molar-refractivity contribution is -0.190. The number of aliphatic hydroxyl groups excluding tert-OH is 1. The molecule has 3 amide bonds. The predicted octanol–water partition coefficient (Wildman–Crippen LogP) is 2.42. The molecule has 2 aliphatic heterocycles. The molecule has 0 radical (unpaired) electrons. The van der Waals surface area contributed by atoms with E-state index in [9.17, 15) is 19.1 Å². The molecule has 2 aromatic rings. The maximum Gasteiger partial charge on any atom is 0.322 e. The van der Waals surface area contributed by atoms with Crippen LogP contribution in [0.2, 0.25) is 0 Å². The van der Waals surface area contributed by atoms with E-state index in [1.807, 2.05) is 30.3 Å². The fraction of sp³-hybridized carbons (Fsp3) is 0.333. The van der Waals surface area contributed by atoms with Gasteiger partial charge in [-0.2, -0.15) is 0 Å². The van der Waals surface area contributed by atoms with Crippen molar-refractivity contribution in [2.45, 2.75) is 24.4 Å². The Bertz CT molecular complexity index is 899. The van der Waals surface area contributed by atoms with Crippen LogP contribution in [-0.4, -0.2) is 58.1 Å². The molecule has 0 saturated carbocycles. The van der Waals surface area contributed by atoms with Gasteiger partial charge in [0.25, 0.3) is 0 Å². The number of para-hydroxylation sites is 1. The third kappa shape index (κ3) is 2.74. The standard InChI is InChI=1S/C21H22FN3O3/c1-14(27)25-18(11-26)19(15-7-3-2-4-8-15)21(25)12-24(13-21)20(28)23-17-10-6-5-9-16(17)22/h2-10,18-19,26H,11-13H2,1H3,(H,23,28)/t18-,19+/m0/s1. The van der Waals surface area contributed by atoms with E-state index in [2.05, 4.69) is 5.32 Å². The molecule has 2 heterocycles. The first kappa shape index (κ1) is 18.4. The quantitative estimate of drug-likeness (QED) is 0.855. The molecule has 2 saturated heterocycles. The molecule has 2 N–H and O–H groups in total. The number of benzene rings is 2. The number of halogens is 1. The van der Waals surface area contributed by atoms with E-state index >= 15 is 0 Å². The molecule has 0 aromatic heterocycles. The minimum Gasteiger partial charge on any atom is -0.394 e. The molecular formula is C21H22FN3O3. The Morgan fingerprint density at radius 3 is 2.39 bits per heavy atom. The van der Waals surface area contributed by atoms with Crippen LogP contribution in [0.25, 0.3) is 0 Å². The topological polar surface area (TPSA) is 72.9 Å². The average Bonchev–Trinajstić information content (AvgIpc) is 2.62. The number of rotatable bonds is 3. The SMILES string of the molecule is CC(=O)N1[C@@H](CO)[C@@H](c2ccccc2)C12CN(C(=O)Nc1ccccc1F)C2. The number of anilines is 1. The van der Waals surface area contributed by atoms with Crippen LogP contribution in [0.15, 0.2) is 54.6 Å². The van der Waals surface area contributed by atoms with Gasteiger partial charge in [0, 0.05) is 25.9 Å². The van der Waals surface area contributed by atoms with Gasteiger partial charge in [0.2, 0.25) is 5.91 Å². The maximum absolute atomic E-state index is 13.8. The fourth-order valence-corrected chi connectivity index (χ4v) is 4.70. The van der Waals surface area contributed by atoms with E-state index in [1.165, 1.54) is 19.1 Å². The van der Waals surface area contributed by atoms with Crippen molar-refractivity contribution in [1.82, 2.24) is 9.80 Å². The minimum atomic E-state index is -0.535. The van der Waals surface area contributed by atoms with Crippen LogP contribution in [0.1, 0.15) is 18.4 Å². The smallest absolute Gasteiger partial charge is 0.322 e. The number of hydrogen-bond donors (Lipinski definition) is 2. The zero-order valence-electron chi connectivity index (χ0n) is 15.5. The highest BCUT2D eigenvalue weighted by atomic mass is 19.1. The van der Waals surface area contributed by atoms with Crippen LogP contribution in [-0.2, 0) is 4.79 Å². The van der Waals surface area contributed by atoms with Gasteiger partial charge in [-0.25, -0.2) is 9.18 Å². The van der Waals surface area contributed by atoms with Gasteiger partial charge in [-0.05, 0) is 17.7 Å². The zero-order valence-corrected chi connectivity index (χ0v) is 15.5. The lowest BCUT2D eigenvalue weighted by atomic mass is 9.60. The Morgan fingerprint density at radius 1 is 1.14 bits per heavy atom. The number of carbonyl (C=O) groups is 2. The van der Waals surface area contributed by atoms with Gasteiger partial charge in [0.1, 0.15) is 5.82 Å². The molecule has 146 valence electrons. The van der Waals surface area contributed by atoms with Crippen molar-refractivity contribution in [1.29, 1.82) is 0 Å². The van der Waals surface area contributed by atoms with Crippen LogP contribution >= 0.6 is 0 Å². The molecule has 28 heavy (non-hydrogen) atoms. The molecule has 2 fully saturated rings. The average molecular weight is 383 g/mol. The van der Waals surface area contributed by atoms with Gasteiger partial charge in [-0.1, -0.05) is 42.5 Å². The van der Waals surface area contributed by atoms with Gasteiger partial charge in [0.05, 0.1) is 23.9 Å². The Balaban J connectivity index is 1.54. The molecule has 2 atom stereocenters. The summed E-state index contributed by atoms with van der Waals surface area (Å²) in [5, 5.41) is 12.4. The molecule has 2 aliphatic rings. The summed E-state index contributed by atoms with van der Waals surface area (Å²) < 4.78 is 13.8. The lowest BCUT2D eigenvalue weighted by Crippen LogP contribution is -2.86. The highest BCUT2D eigenvalue weighted by molar-refractivity contribution is 5.91. The van der Waals surface area contributed by atoms with Gasteiger partial charge in [-0.3, -0.25) is 4.79 Å². The summed E-state index contributed by atoms with van der Waals surface area (Å²) in [7, 11) is 0. The number of nitrogens with zero attached hydrogens (tertiary/aromatic N) is 2. The van der Waals surface area contributed by atoms with Crippen molar-refractivity contribution in [2.24, 2.45) is 0 Å². The van der Waals surface area contributed by atoms with Crippen LogP contribution in [0.4, 0.5) is 14.9 Å². The van der Waals surface area contributed by atoms with E-state index in [0.29, 0.717) is 13.1 Å². The van der Waals surface area contributed by atoms with Gasteiger partial charge in [0.15, 0.2) is 0 Å². The molecule has 6 nitrogen and oxygen atoms in total. The highest BCUT2D eigenvalue weighted by Crippen LogP contribution is 2.53. The van der Waals surface area contributed by atoms with E-state index < -0.39 is 17.4 Å². The van der Waals surface area contributed by atoms with E-state index in [1.54, 1.807) is 21.9 Å². The fourth-order valence-electron chi connectivity index (χ4n) is 4.70. The summed E-state index contributed by atoms with van der Waals surface area (Å²) >= 11 is 0. The first-order valence-corrected chi connectivity index (χ1v) is 9.24. The van der Waals surface area contributed by atoms with Crippen LogP contribution in [0.5, 0.6) is 0 Å². The second kappa shape index (κ2) is 6.91. The van der Waals surface area contributed by atoms with Crippen molar-refractivity contribution in [2.75, 3.05) is 25.0 Å². The van der Waals surface area contributed by atoms with Gasteiger partial charge >= 0.3 is 6.03 Å². The largest absolute Gasteiger partial charge is 0.394 e. The Hall–Kier alpha value is -2.93. The lowest BCUT2D eigenvalue weighted by Gasteiger charge is -2.70. The highest BCUT2D eigenvalue weighted by Gasteiger charge is 2.67. The monoisotopic (exact) mass is 383 g/mol. The first-order valence-electron chi connectivity index (χ1n) is 9.24. The third-order valence-corrected chi connectivity index (χ3v) is 5.79. The molecule has 0 unspecified atom stereocenters. The van der Waals surface area contributed by atoms with Crippen molar-refractivity contribution >= 4 is 17.6 Å². The summed E-state index contributed by atoms with van der Waals surface area (Å²) in [6.45, 7) is 2.02. The Morgan fingerprint density at radius 2 is 1.79 bits per heavy atom. The van der Waals surface area contributed by atoms with Crippen LogP contribution in [0, 0.1) is 5.82 Å². The summed E-state index contributed by atoms with van der Waals surface area (Å²) in [4.78, 5) is 28.0. The zero-order chi connectivity index (χ0) is 19.9. The molecular weight excluding hydrogens is 361 g/mol. The number of likely N-dealkylation sites (tertiary alicyclic amines) is 2. The number of amides is 3. The molecule has 2 aromatic carbocycles. The second-order valence-corrected chi connectivity index (χ2v) is 7.40. The summed E-state index contributed by atoms with van der Waals surface area (Å²) in [5.41, 5.74) is 0.624. The van der Waals surface area contributed by atoms with E-state index in [0.717, 1.165) is 5.56 Å². The number of carbonyl (C=O) groups excluding carboxylic acids is 2. The second-order valence-electron chi connectivity index (χ2n) is 7.40. The van der Waals surface area contributed by atoms with Crippen molar-refractivity contribution in [3.8, 4) is 0 Å². The van der Waals surface area contributed by atoms with Crippen LogP contribution in [0.3, 0.4) is 0 Å². The van der Waals surface area contributed by atoms with Gasteiger partial charge in [-0.15, -0.1) is 0 Å². The molecule has 0 bridgehead atoms. The summed E-state index contributed by atoms with van der Waals surface area (Å²) in [6.07, 6.45) is 0. The third-order valence-electron chi connectivity index (χ3n) is 5.79.